The van der Waals surface area contributed by atoms with Gasteiger partial charge in [-0.05, 0) is 24.3 Å². The third kappa shape index (κ3) is 1.93. The molecule has 51 valence electrons. The molecular weight excluding hydrogens is 150 g/mol. The van der Waals surface area contributed by atoms with E-state index in [2.05, 4.69) is 4.65 Å². The number of hydrogen-bond acceptors (Lipinski definition) is 2. The van der Waals surface area contributed by atoms with Gasteiger partial charge in [0, 0.05) is 5.02 Å². The molecule has 0 heterocycles. The van der Waals surface area contributed by atoms with Crippen molar-refractivity contribution >= 4 is 19.3 Å². The molecule has 0 saturated heterocycles. The summed E-state index contributed by atoms with van der Waals surface area (Å²) in [7, 11) is 0.628. The van der Waals surface area contributed by atoms with E-state index in [0.29, 0.717) is 18.5 Å². The van der Waals surface area contributed by atoms with Crippen LogP contribution in [0, 0.1) is 0 Å². The van der Waals surface area contributed by atoms with Gasteiger partial charge in [0.25, 0.3) is 0 Å². The second-order valence-electron chi connectivity index (χ2n) is 1.68. The number of benzene rings is 1. The molecule has 1 aromatic carbocycles. The van der Waals surface area contributed by atoms with Crippen molar-refractivity contribution in [2.45, 2.75) is 0 Å². The fourth-order valence-corrected chi connectivity index (χ4v) is 0.700. The zero-order valence-corrected chi connectivity index (χ0v) is 5.88. The molecule has 0 aliphatic carbocycles. The van der Waals surface area contributed by atoms with Crippen molar-refractivity contribution in [3.8, 4) is 5.75 Å². The van der Waals surface area contributed by atoms with Gasteiger partial charge in [-0.2, -0.15) is 0 Å². The lowest BCUT2D eigenvalue weighted by Crippen LogP contribution is -1.98. The molecule has 0 fully saturated rings. The third-order valence-corrected chi connectivity index (χ3v) is 1.25. The van der Waals surface area contributed by atoms with E-state index in [1.165, 1.54) is 0 Å². The van der Waals surface area contributed by atoms with Crippen molar-refractivity contribution < 1.29 is 9.68 Å². The highest BCUT2D eigenvalue weighted by atomic mass is 35.5. The van der Waals surface area contributed by atoms with Gasteiger partial charge in [-0.15, -0.1) is 0 Å². The Morgan fingerprint density at radius 2 is 1.90 bits per heavy atom. The highest BCUT2D eigenvalue weighted by Gasteiger charge is 1.92. The molecule has 0 aromatic heterocycles. The molecule has 1 radical (unpaired) electrons. The van der Waals surface area contributed by atoms with Gasteiger partial charge in [0.05, 0.1) is 0 Å². The summed E-state index contributed by atoms with van der Waals surface area (Å²) < 4.78 is 4.63. The fourth-order valence-electron chi connectivity index (χ4n) is 0.574. The summed E-state index contributed by atoms with van der Waals surface area (Å²) in [6.45, 7) is 0. The van der Waals surface area contributed by atoms with Gasteiger partial charge in [0.15, 0.2) is 0 Å². The highest BCUT2D eigenvalue weighted by Crippen LogP contribution is 2.14. The molecule has 0 bridgehead atoms. The lowest BCUT2D eigenvalue weighted by Gasteiger charge is -1.98. The first-order chi connectivity index (χ1) is 4.83. The maximum Gasteiger partial charge on any atom is 0.569 e. The van der Waals surface area contributed by atoms with Crippen LogP contribution in [-0.2, 0) is 0 Å². The van der Waals surface area contributed by atoms with Crippen LogP contribution in [0.2, 0.25) is 5.02 Å². The second-order valence-corrected chi connectivity index (χ2v) is 2.11. The summed E-state index contributed by atoms with van der Waals surface area (Å²) in [6, 6.07) is 6.69. The molecule has 1 aromatic rings. The van der Waals surface area contributed by atoms with Crippen LogP contribution in [0.3, 0.4) is 0 Å². The number of hydrogen-bond donors (Lipinski definition) is 1. The normalized spacial score (nSPS) is 9.00. The second kappa shape index (κ2) is 3.49. The van der Waals surface area contributed by atoms with Crippen molar-refractivity contribution in [3.63, 3.8) is 0 Å². The lowest BCUT2D eigenvalue weighted by atomic mass is 10.3. The first kappa shape index (κ1) is 7.44. The Kier molecular flexibility index (Phi) is 2.60. The van der Waals surface area contributed by atoms with Crippen LogP contribution < -0.4 is 4.65 Å². The molecule has 0 aliphatic heterocycles. The van der Waals surface area contributed by atoms with Crippen molar-refractivity contribution in [3.05, 3.63) is 29.3 Å². The van der Waals surface area contributed by atoms with Gasteiger partial charge in [0.1, 0.15) is 5.75 Å². The smallest absolute Gasteiger partial charge is 0.537 e. The van der Waals surface area contributed by atoms with Crippen LogP contribution in [0.25, 0.3) is 0 Å². The first-order valence-corrected chi connectivity index (χ1v) is 3.09. The zero-order chi connectivity index (χ0) is 7.40. The molecule has 0 unspecified atom stereocenters. The summed E-state index contributed by atoms with van der Waals surface area (Å²) >= 11 is 5.58. The molecule has 4 heteroatoms. The Morgan fingerprint density at radius 3 is 2.40 bits per heavy atom. The van der Waals surface area contributed by atoms with E-state index >= 15 is 0 Å². The van der Waals surface area contributed by atoms with Gasteiger partial charge < -0.3 is 9.68 Å². The summed E-state index contributed by atoms with van der Waals surface area (Å²) in [6.07, 6.45) is 0. The molecule has 1 N–H and O–H groups in total. The zero-order valence-electron chi connectivity index (χ0n) is 5.12. The van der Waals surface area contributed by atoms with E-state index in [1.807, 2.05) is 0 Å². The molecule has 0 spiro atoms. The average molecular weight is 155 g/mol. The van der Waals surface area contributed by atoms with Crippen LogP contribution in [0.5, 0.6) is 5.75 Å². The van der Waals surface area contributed by atoms with Gasteiger partial charge in [-0.1, -0.05) is 11.6 Å². The van der Waals surface area contributed by atoms with Crippen LogP contribution in [0.4, 0.5) is 0 Å². The number of rotatable bonds is 2. The summed E-state index contributed by atoms with van der Waals surface area (Å²) in [5, 5.41) is 8.85. The minimum absolute atomic E-state index is 0.562. The first-order valence-electron chi connectivity index (χ1n) is 2.71. The molecule has 0 amide bonds. The highest BCUT2D eigenvalue weighted by molar-refractivity contribution is 6.30. The molecular formula is C6H5BClO2. The van der Waals surface area contributed by atoms with Crippen LogP contribution in [0.15, 0.2) is 24.3 Å². The Balaban J connectivity index is 2.69. The average Bonchev–Trinajstić information content (AvgIpc) is 1.95. The predicted molar refractivity (Wildman–Crippen MR) is 40.1 cm³/mol. The SMILES string of the molecule is O[B]Oc1ccc(Cl)cc1. The summed E-state index contributed by atoms with van der Waals surface area (Å²) in [5.41, 5.74) is 0. The van der Waals surface area contributed by atoms with E-state index in [1.54, 1.807) is 24.3 Å². The van der Waals surface area contributed by atoms with Gasteiger partial charge in [-0.25, -0.2) is 0 Å². The van der Waals surface area contributed by atoms with Crippen LogP contribution in [0.1, 0.15) is 0 Å². The van der Waals surface area contributed by atoms with Gasteiger partial charge >= 0.3 is 7.69 Å². The largest absolute Gasteiger partial charge is 0.569 e. The predicted octanol–water partition coefficient (Wildman–Crippen LogP) is 1.25. The van der Waals surface area contributed by atoms with E-state index in [-0.39, 0.29) is 0 Å². The topological polar surface area (TPSA) is 29.5 Å². The van der Waals surface area contributed by atoms with Crippen molar-refractivity contribution in [1.82, 2.24) is 0 Å². The Labute approximate surface area is 64.7 Å². The standard InChI is InChI=1S/C6H5BClO2/c8-5-1-3-6(4-2-5)10-7-9/h1-4,9H. The van der Waals surface area contributed by atoms with E-state index < -0.39 is 0 Å². The van der Waals surface area contributed by atoms with E-state index in [4.69, 9.17) is 16.6 Å². The van der Waals surface area contributed by atoms with Crippen LogP contribution >= 0.6 is 11.6 Å². The maximum absolute atomic E-state index is 8.21. The molecule has 0 atom stereocenters. The van der Waals surface area contributed by atoms with Gasteiger partial charge in [0.2, 0.25) is 0 Å². The number of halogens is 1. The molecule has 0 saturated carbocycles. The van der Waals surface area contributed by atoms with Crippen molar-refractivity contribution in [2.24, 2.45) is 0 Å². The summed E-state index contributed by atoms with van der Waals surface area (Å²) in [4.78, 5) is 0. The van der Waals surface area contributed by atoms with Crippen molar-refractivity contribution in [1.29, 1.82) is 0 Å². The van der Waals surface area contributed by atoms with Crippen LogP contribution in [-0.4, -0.2) is 12.7 Å². The monoisotopic (exact) mass is 155 g/mol. The maximum atomic E-state index is 8.21. The Morgan fingerprint density at radius 1 is 1.30 bits per heavy atom. The van der Waals surface area contributed by atoms with E-state index in [0.717, 1.165) is 0 Å². The summed E-state index contributed by atoms with van der Waals surface area (Å²) in [5.74, 6) is 0.562. The Hall–Kier alpha value is -0.665. The Bertz CT molecular complexity index is 199. The minimum Gasteiger partial charge on any atom is -0.537 e. The lowest BCUT2D eigenvalue weighted by molar-refractivity contribution is 0.454. The molecule has 0 aliphatic rings. The van der Waals surface area contributed by atoms with Gasteiger partial charge in [-0.3, -0.25) is 0 Å². The van der Waals surface area contributed by atoms with Crippen molar-refractivity contribution in [2.75, 3.05) is 0 Å². The quantitative estimate of drug-likeness (QED) is 0.651. The molecule has 10 heavy (non-hydrogen) atoms. The fraction of sp³-hybridized carbons (Fsp3) is 0. The third-order valence-electron chi connectivity index (χ3n) is 1.00. The minimum atomic E-state index is 0.562. The molecule has 2 nitrogen and oxygen atoms in total. The van der Waals surface area contributed by atoms with E-state index in [9.17, 15) is 0 Å². The molecule has 1 rings (SSSR count).